The first-order valence-electron chi connectivity index (χ1n) is 5.20. The summed E-state index contributed by atoms with van der Waals surface area (Å²) in [5.74, 6) is -0.157. The van der Waals surface area contributed by atoms with Crippen LogP contribution in [0.4, 0.5) is 0 Å². The molecule has 1 aromatic rings. The SMILES string of the molecule is CC(Cl)CC(C)NC(=O)c1ccccc1Cl. The average Bonchev–Trinajstić information content (AvgIpc) is 2.16. The topological polar surface area (TPSA) is 29.1 Å². The zero-order valence-electron chi connectivity index (χ0n) is 9.34. The summed E-state index contributed by atoms with van der Waals surface area (Å²) in [7, 11) is 0. The van der Waals surface area contributed by atoms with E-state index in [1.807, 2.05) is 13.8 Å². The molecule has 2 unspecified atom stereocenters. The molecule has 0 saturated carbocycles. The lowest BCUT2D eigenvalue weighted by atomic mass is 10.1. The van der Waals surface area contributed by atoms with Crippen LogP contribution in [0.1, 0.15) is 30.6 Å². The molecule has 1 rings (SSSR count). The van der Waals surface area contributed by atoms with E-state index in [0.29, 0.717) is 10.6 Å². The number of alkyl halides is 1. The molecule has 0 saturated heterocycles. The van der Waals surface area contributed by atoms with Crippen LogP contribution < -0.4 is 5.32 Å². The Hall–Kier alpha value is -0.730. The van der Waals surface area contributed by atoms with Crippen molar-refractivity contribution in [1.29, 1.82) is 0 Å². The molecule has 0 fully saturated rings. The van der Waals surface area contributed by atoms with Gasteiger partial charge in [-0.3, -0.25) is 4.79 Å². The van der Waals surface area contributed by atoms with Crippen LogP contribution in [0.3, 0.4) is 0 Å². The lowest BCUT2D eigenvalue weighted by Crippen LogP contribution is -2.34. The molecule has 1 N–H and O–H groups in total. The van der Waals surface area contributed by atoms with Gasteiger partial charge in [-0.05, 0) is 32.4 Å². The minimum Gasteiger partial charge on any atom is -0.349 e. The third-order valence-electron chi connectivity index (χ3n) is 2.17. The van der Waals surface area contributed by atoms with E-state index < -0.39 is 0 Å². The number of halogens is 2. The Morgan fingerprint density at radius 3 is 2.56 bits per heavy atom. The highest BCUT2D eigenvalue weighted by molar-refractivity contribution is 6.33. The zero-order valence-corrected chi connectivity index (χ0v) is 10.8. The summed E-state index contributed by atoms with van der Waals surface area (Å²) in [6.45, 7) is 3.83. The van der Waals surface area contributed by atoms with Crippen LogP contribution in [0, 0.1) is 0 Å². The first-order chi connectivity index (χ1) is 7.50. The summed E-state index contributed by atoms with van der Waals surface area (Å²) in [6.07, 6.45) is 0.734. The molecular weight excluding hydrogens is 245 g/mol. The Morgan fingerprint density at radius 2 is 2.00 bits per heavy atom. The molecule has 0 aliphatic heterocycles. The smallest absolute Gasteiger partial charge is 0.252 e. The van der Waals surface area contributed by atoms with Crippen molar-refractivity contribution >= 4 is 29.1 Å². The number of hydrogen-bond donors (Lipinski definition) is 1. The van der Waals surface area contributed by atoms with Crippen molar-refractivity contribution in [2.45, 2.75) is 31.7 Å². The van der Waals surface area contributed by atoms with Gasteiger partial charge in [0.05, 0.1) is 10.6 Å². The lowest BCUT2D eigenvalue weighted by molar-refractivity contribution is 0.0938. The van der Waals surface area contributed by atoms with Crippen LogP contribution >= 0.6 is 23.2 Å². The molecule has 0 heterocycles. The number of carbonyl (C=O) groups is 1. The fourth-order valence-electron chi connectivity index (χ4n) is 1.49. The number of hydrogen-bond acceptors (Lipinski definition) is 1. The van der Waals surface area contributed by atoms with Gasteiger partial charge < -0.3 is 5.32 Å². The molecule has 88 valence electrons. The van der Waals surface area contributed by atoms with Gasteiger partial charge >= 0.3 is 0 Å². The van der Waals surface area contributed by atoms with Crippen molar-refractivity contribution in [3.8, 4) is 0 Å². The van der Waals surface area contributed by atoms with Gasteiger partial charge in [0.25, 0.3) is 5.91 Å². The van der Waals surface area contributed by atoms with Crippen molar-refractivity contribution in [2.75, 3.05) is 0 Å². The van der Waals surface area contributed by atoms with Gasteiger partial charge in [-0.2, -0.15) is 0 Å². The van der Waals surface area contributed by atoms with Crippen LogP contribution in [0.25, 0.3) is 0 Å². The van der Waals surface area contributed by atoms with Gasteiger partial charge in [-0.15, -0.1) is 11.6 Å². The minimum atomic E-state index is -0.157. The van der Waals surface area contributed by atoms with E-state index in [0.717, 1.165) is 6.42 Å². The van der Waals surface area contributed by atoms with E-state index in [9.17, 15) is 4.79 Å². The Labute approximate surface area is 106 Å². The third-order valence-corrected chi connectivity index (χ3v) is 2.68. The van der Waals surface area contributed by atoms with Crippen molar-refractivity contribution in [1.82, 2.24) is 5.32 Å². The Balaban J connectivity index is 2.63. The van der Waals surface area contributed by atoms with E-state index in [2.05, 4.69) is 5.32 Å². The normalized spacial score (nSPS) is 14.2. The highest BCUT2D eigenvalue weighted by Gasteiger charge is 2.13. The molecule has 0 radical (unpaired) electrons. The van der Waals surface area contributed by atoms with Gasteiger partial charge in [0.1, 0.15) is 0 Å². The molecule has 2 atom stereocenters. The maximum Gasteiger partial charge on any atom is 0.252 e. The van der Waals surface area contributed by atoms with Crippen LogP contribution in [-0.4, -0.2) is 17.3 Å². The van der Waals surface area contributed by atoms with Crippen molar-refractivity contribution in [3.05, 3.63) is 34.9 Å². The second kappa shape index (κ2) is 6.12. The van der Waals surface area contributed by atoms with Gasteiger partial charge in [0.15, 0.2) is 0 Å². The molecule has 0 aliphatic rings. The summed E-state index contributed by atoms with van der Waals surface area (Å²) in [6, 6.07) is 7.02. The van der Waals surface area contributed by atoms with E-state index in [1.165, 1.54) is 0 Å². The van der Waals surface area contributed by atoms with Crippen LogP contribution in [0.5, 0.6) is 0 Å². The summed E-state index contributed by atoms with van der Waals surface area (Å²) >= 11 is 11.8. The molecule has 1 amide bonds. The van der Waals surface area contributed by atoms with Crippen LogP contribution in [0.2, 0.25) is 5.02 Å². The first-order valence-corrected chi connectivity index (χ1v) is 6.01. The summed E-state index contributed by atoms with van der Waals surface area (Å²) in [5, 5.41) is 3.37. The monoisotopic (exact) mass is 259 g/mol. The van der Waals surface area contributed by atoms with E-state index in [4.69, 9.17) is 23.2 Å². The first kappa shape index (κ1) is 13.3. The van der Waals surface area contributed by atoms with Gasteiger partial charge in [-0.1, -0.05) is 23.7 Å². The second-order valence-corrected chi connectivity index (χ2v) is 5.02. The Kier molecular flexibility index (Phi) is 5.10. The predicted octanol–water partition coefficient (Wildman–Crippen LogP) is 3.48. The highest BCUT2D eigenvalue weighted by atomic mass is 35.5. The molecule has 0 bridgehead atoms. The number of amides is 1. The molecule has 0 aliphatic carbocycles. The maximum absolute atomic E-state index is 11.8. The number of benzene rings is 1. The van der Waals surface area contributed by atoms with E-state index in [-0.39, 0.29) is 17.3 Å². The number of rotatable bonds is 4. The highest BCUT2D eigenvalue weighted by Crippen LogP contribution is 2.15. The molecule has 2 nitrogen and oxygen atoms in total. The Morgan fingerprint density at radius 1 is 1.38 bits per heavy atom. The third kappa shape index (κ3) is 4.03. The molecule has 16 heavy (non-hydrogen) atoms. The standard InChI is InChI=1S/C12H15Cl2NO/c1-8(13)7-9(2)15-12(16)10-5-3-4-6-11(10)14/h3-6,8-9H,7H2,1-2H3,(H,15,16). The van der Waals surface area contributed by atoms with E-state index in [1.54, 1.807) is 24.3 Å². The maximum atomic E-state index is 11.8. The van der Waals surface area contributed by atoms with Crippen molar-refractivity contribution in [2.24, 2.45) is 0 Å². The van der Waals surface area contributed by atoms with Crippen LogP contribution in [-0.2, 0) is 0 Å². The average molecular weight is 260 g/mol. The molecule has 1 aromatic carbocycles. The van der Waals surface area contributed by atoms with Crippen molar-refractivity contribution < 1.29 is 4.79 Å². The molecular formula is C12H15Cl2NO. The van der Waals surface area contributed by atoms with E-state index >= 15 is 0 Å². The van der Waals surface area contributed by atoms with Crippen molar-refractivity contribution in [3.63, 3.8) is 0 Å². The lowest BCUT2D eigenvalue weighted by Gasteiger charge is -2.15. The fraction of sp³-hybridized carbons (Fsp3) is 0.417. The molecule has 4 heteroatoms. The van der Waals surface area contributed by atoms with Gasteiger partial charge in [-0.25, -0.2) is 0 Å². The summed E-state index contributed by atoms with van der Waals surface area (Å²) in [4.78, 5) is 11.8. The van der Waals surface area contributed by atoms with Gasteiger partial charge in [0, 0.05) is 11.4 Å². The summed E-state index contributed by atoms with van der Waals surface area (Å²) in [5.41, 5.74) is 0.498. The molecule has 0 spiro atoms. The number of carbonyl (C=O) groups excluding carboxylic acids is 1. The second-order valence-electron chi connectivity index (χ2n) is 3.87. The van der Waals surface area contributed by atoms with Crippen LogP contribution in [0.15, 0.2) is 24.3 Å². The Bertz CT molecular complexity index is 366. The number of nitrogens with one attached hydrogen (secondary N) is 1. The quantitative estimate of drug-likeness (QED) is 0.825. The fourth-order valence-corrected chi connectivity index (χ4v) is 1.98. The predicted molar refractivity (Wildman–Crippen MR) is 68.3 cm³/mol. The minimum absolute atomic E-state index is 0.0382. The summed E-state index contributed by atoms with van der Waals surface area (Å²) < 4.78 is 0. The zero-order chi connectivity index (χ0) is 12.1. The largest absolute Gasteiger partial charge is 0.349 e. The molecule has 0 aromatic heterocycles. The van der Waals surface area contributed by atoms with Gasteiger partial charge in [0.2, 0.25) is 0 Å².